The third-order valence-corrected chi connectivity index (χ3v) is 3.37. The second-order valence-corrected chi connectivity index (χ2v) is 5.29. The van der Waals surface area contributed by atoms with Gasteiger partial charge in [0.15, 0.2) is 0 Å². The number of methoxy groups -OCH3 is 1. The van der Waals surface area contributed by atoms with Crippen molar-refractivity contribution < 1.29 is 9.47 Å². The molecular weight excluding hydrogens is 282 g/mol. The van der Waals surface area contributed by atoms with Gasteiger partial charge in [-0.3, -0.25) is 0 Å². The van der Waals surface area contributed by atoms with Gasteiger partial charge in [-0.25, -0.2) is 0 Å². The lowest BCUT2D eigenvalue weighted by Gasteiger charge is -2.11. The number of hydrogen-bond acceptors (Lipinski definition) is 3. The SMILES string of the molecule is COCCc1ccc(Oc2ccc(C)cc2C(N)=S)cc1. The van der Waals surface area contributed by atoms with Crippen LogP contribution in [0.3, 0.4) is 0 Å². The first kappa shape index (κ1) is 15.5. The summed E-state index contributed by atoms with van der Waals surface area (Å²) in [5.41, 5.74) is 8.82. The fraction of sp³-hybridized carbons (Fsp3) is 0.235. The Labute approximate surface area is 130 Å². The van der Waals surface area contributed by atoms with E-state index < -0.39 is 0 Å². The molecule has 0 aliphatic heterocycles. The van der Waals surface area contributed by atoms with Crippen LogP contribution in [0.2, 0.25) is 0 Å². The molecule has 0 unspecified atom stereocenters. The van der Waals surface area contributed by atoms with Crippen LogP contribution in [-0.4, -0.2) is 18.7 Å². The minimum Gasteiger partial charge on any atom is -0.457 e. The summed E-state index contributed by atoms with van der Waals surface area (Å²) in [5, 5.41) is 0. The van der Waals surface area contributed by atoms with Crippen molar-refractivity contribution in [3.05, 3.63) is 59.2 Å². The van der Waals surface area contributed by atoms with Crippen LogP contribution in [0, 0.1) is 6.92 Å². The largest absolute Gasteiger partial charge is 0.457 e. The molecule has 2 rings (SSSR count). The van der Waals surface area contributed by atoms with E-state index in [1.54, 1.807) is 7.11 Å². The predicted octanol–water partition coefficient (Wildman–Crippen LogP) is 3.61. The summed E-state index contributed by atoms with van der Waals surface area (Å²) in [6, 6.07) is 13.7. The fourth-order valence-corrected chi connectivity index (χ4v) is 2.16. The number of nitrogens with two attached hydrogens (primary N) is 1. The van der Waals surface area contributed by atoms with E-state index in [4.69, 9.17) is 27.4 Å². The van der Waals surface area contributed by atoms with Gasteiger partial charge in [0.2, 0.25) is 0 Å². The second kappa shape index (κ2) is 7.20. The van der Waals surface area contributed by atoms with Crippen molar-refractivity contribution in [2.24, 2.45) is 5.73 Å². The highest BCUT2D eigenvalue weighted by Crippen LogP contribution is 2.26. The molecule has 2 aromatic carbocycles. The molecule has 3 nitrogen and oxygen atoms in total. The first-order chi connectivity index (χ1) is 10.1. The fourth-order valence-electron chi connectivity index (χ4n) is 2.00. The van der Waals surface area contributed by atoms with E-state index in [9.17, 15) is 0 Å². The first-order valence-electron chi connectivity index (χ1n) is 6.76. The van der Waals surface area contributed by atoms with E-state index in [0.29, 0.717) is 17.3 Å². The minimum atomic E-state index is 0.338. The van der Waals surface area contributed by atoms with E-state index in [-0.39, 0.29) is 0 Å². The first-order valence-corrected chi connectivity index (χ1v) is 7.17. The third-order valence-electron chi connectivity index (χ3n) is 3.15. The van der Waals surface area contributed by atoms with E-state index in [1.807, 2.05) is 49.4 Å². The molecule has 0 amide bonds. The van der Waals surface area contributed by atoms with E-state index in [0.717, 1.165) is 23.3 Å². The molecule has 0 aromatic heterocycles. The van der Waals surface area contributed by atoms with Crippen LogP contribution in [0.15, 0.2) is 42.5 Å². The highest BCUT2D eigenvalue weighted by atomic mass is 32.1. The van der Waals surface area contributed by atoms with Crippen LogP contribution in [0.1, 0.15) is 16.7 Å². The van der Waals surface area contributed by atoms with Crippen LogP contribution in [0.25, 0.3) is 0 Å². The highest BCUT2D eigenvalue weighted by molar-refractivity contribution is 7.80. The zero-order chi connectivity index (χ0) is 15.2. The van der Waals surface area contributed by atoms with Crippen molar-refractivity contribution in [3.63, 3.8) is 0 Å². The molecule has 0 spiro atoms. The minimum absolute atomic E-state index is 0.338. The maximum atomic E-state index is 5.89. The Kier molecular flexibility index (Phi) is 5.31. The monoisotopic (exact) mass is 301 g/mol. The van der Waals surface area contributed by atoms with Crippen LogP contribution in [0.4, 0.5) is 0 Å². The van der Waals surface area contributed by atoms with Crippen molar-refractivity contribution in [3.8, 4) is 11.5 Å². The molecule has 4 heteroatoms. The predicted molar refractivity (Wildman–Crippen MR) is 89.2 cm³/mol. The zero-order valence-electron chi connectivity index (χ0n) is 12.3. The van der Waals surface area contributed by atoms with Gasteiger partial charge in [0.05, 0.1) is 12.2 Å². The summed E-state index contributed by atoms with van der Waals surface area (Å²) in [6.07, 6.45) is 0.888. The molecule has 21 heavy (non-hydrogen) atoms. The van der Waals surface area contributed by atoms with Crippen molar-refractivity contribution in [2.75, 3.05) is 13.7 Å². The molecule has 2 N–H and O–H groups in total. The van der Waals surface area contributed by atoms with Gasteiger partial charge in [-0.15, -0.1) is 0 Å². The molecule has 0 atom stereocenters. The maximum Gasteiger partial charge on any atom is 0.137 e. The molecule has 0 saturated carbocycles. The van der Waals surface area contributed by atoms with E-state index in [1.165, 1.54) is 5.56 Å². The smallest absolute Gasteiger partial charge is 0.137 e. The van der Waals surface area contributed by atoms with Gasteiger partial charge in [-0.1, -0.05) is 36.0 Å². The zero-order valence-corrected chi connectivity index (χ0v) is 13.1. The molecule has 0 saturated heterocycles. The number of benzene rings is 2. The lowest BCUT2D eigenvalue weighted by atomic mass is 10.1. The van der Waals surface area contributed by atoms with Gasteiger partial charge in [0.1, 0.15) is 16.5 Å². The molecule has 0 radical (unpaired) electrons. The molecule has 0 aliphatic rings. The van der Waals surface area contributed by atoms with Crippen molar-refractivity contribution in [2.45, 2.75) is 13.3 Å². The Hall–Kier alpha value is -1.91. The van der Waals surface area contributed by atoms with Gasteiger partial charge in [0, 0.05) is 7.11 Å². The Morgan fingerprint density at radius 1 is 1.14 bits per heavy atom. The van der Waals surface area contributed by atoms with E-state index >= 15 is 0 Å². The molecule has 0 bridgehead atoms. The Bertz CT molecular complexity index is 623. The lowest BCUT2D eigenvalue weighted by Crippen LogP contribution is -2.11. The molecule has 0 heterocycles. The Morgan fingerprint density at radius 3 is 2.48 bits per heavy atom. The molecular formula is C17H19NO2S. The average molecular weight is 301 g/mol. The summed E-state index contributed by atoms with van der Waals surface area (Å²) in [6.45, 7) is 2.71. The quantitative estimate of drug-likeness (QED) is 0.828. The van der Waals surface area contributed by atoms with Crippen LogP contribution in [0.5, 0.6) is 11.5 Å². The van der Waals surface area contributed by atoms with Gasteiger partial charge in [-0.2, -0.15) is 0 Å². The number of ether oxygens (including phenoxy) is 2. The lowest BCUT2D eigenvalue weighted by molar-refractivity contribution is 0.202. The second-order valence-electron chi connectivity index (χ2n) is 4.85. The molecule has 110 valence electrons. The van der Waals surface area contributed by atoms with Gasteiger partial charge in [0.25, 0.3) is 0 Å². The topological polar surface area (TPSA) is 44.5 Å². The summed E-state index contributed by atoms with van der Waals surface area (Å²) in [5.74, 6) is 1.44. The standard InChI is InChI=1S/C17H19NO2S/c1-12-3-8-16(15(11-12)17(18)21)20-14-6-4-13(5-7-14)9-10-19-2/h3-8,11H,9-10H2,1-2H3,(H2,18,21). The van der Waals surface area contributed by atoms with Crippen molar-refractivity contribution >= 4 is 17.2 Å². The normalized spacial score (nSPS) is 10.4. The number of aryl methyl sites for hydroxylation is 1. The molecule has 0 aliphatic carbocycles. The summed E-state index contributed by atoms with van der Waals surface area (Å²) in [7, 11) is 1.70. The number of hydrogen-bond donors (Lipinski definition) is 1. The third kappa shape index (κ3) is 4.28. The maximum absolute atomic E-state index is 5.89. The highest BCUT2D eigenvalue weighted by Gasteiger charge is 2.08. The van der Waals surface area contributed by atoms with Crippen LogP contribution in [-0.2, 0) is 11.2 Å². The summed E-state index contributed by atoms with van der Waals surface area (Å²) in [4.78, 5) is 0.338. The van der Waals surface area contributed by atoms with Crippen molar-refractivity contribution in [1.82, 2.24) is 0 Å². The number of rotatable bonds is 6. The van der Waals surface area contributed by atoms with Gasteiger partial charge >= 0.3 is 0 Å². The summed E-state index contributed by atoms with van der Waals surface area (Å²) >= 11 is 5.08. The van der Waals surface area contributed by atoms with E-state index in [2.05, 4.69) is 0 Å². The number of thiocarbonyl (C=S) groups is 1. The molecule has 2 aromatic rings. The molecule has 0 fully saturated rings. The van der Waals surface area contributed by atoms with Crippen molar-refractivity contribution in [1.29, 1.82) is 0 Å². The van der Waals surface area contributed by atoms with Crippen LogP contribution < -0.4 is 10.5 Å². The van der Waals surface area contributed by atoms with Crippen LogP contribution >= 0.6 is 12.2 Å². The average Bonchev–Trinajstić information content (AvgIpc) is 2.48. The summed E-state index contributed by atoms with van der Waals surface area (Å²) < 4.78 is 11.0. The van der Waals surface area contributed by atoms with Gasteiger partial charge in [-0.05, 0) is 43.2 Å². The Balaban J connectivity index is 2.16. The van der Waals surface area contributed by atoms with Gasteiger partial charge < -0.3 is 15.2 Å². The Morgan fingerprint density at radius 2 is 1.86 bits per heavy atom.